The molecule has 0 saturated heterocycles. The van der Waals surface area contributed by atoms with Crippen molar-refractivity contribution in [1.82, 2.24) is 4.90 Å². The van der Waals surface area contributed by atoms with Crippen LogP contribution in [0.3, 0.4) is 0 Å². The van der Waals surface area contributed by atoms with Crippen LogP contribution in [-0.2, 0) is 26.6 Å². The highest BCUT2D eigenvalue weighted by Crippen LogP contribution is 2.43. The number of nitrogens with zero attached hydrogens (tertiary/aromatic N) is 1. The van der Waals surface area contributed by atoms with Crippen LogP contribution in [0.15, 0.2) is 42.5 Å². The largest absolute Gasteiger partial charge is 0.469 e. The Morgan fingerprint density at radius 1 is 1.00 bits per heavy atom. The molecule has 4 atom stereocenters. The highest BCUT2D eigenvalue weighted by molar-refractivity contribution is 5.69. The van der Waals surface area contributed by atoms with Crippen LogP contribution in [0.1, 0.15) is 66.9 Å². The second-order valence-corrected chi connectivity index (χ2v) is 9.54. The summed E-state index contributed by atoms with van der Waals surface area (Å²) < 4.78 is 105. The Hall–Kier alpha value is -2.66. The normalized spacial score (nSPS) is 21.1. The number of halogens is 7. The number of alkyl halides is 6. The third-order valence-electron chi connectivity index (χ3n) is 6.96. The average molecular weight is 550 g/mol. The van der Waals surface area contributed by atoms with Crippen LogP contribution in [0, 0.1) is 5.82 Å². The predicted octanol–water partition coefficient (Wildman–Crippen LogP) is 7.14. The maximum Gasteiger partial charge on any atom is 0.416 e. The Kier molecular flexibility index (Phi) is 9.46. The van der Waals surface area contributed by atoms with Gasteiger partial charge in [-0.1, -0.05) is 12.1 Å². The first-order valence-corrected chi connectivity index (χ1v) is 12.2. The Morgan fingerprint density at radius 3 is 2.11 bits per heavy atom. The van der Waals surface area contributed by atoms with E-state index in [9.17, 15) is 35.5 Å². The molecule has 1 aliphatic carbocycles. The molecule has 3 rings (SSSR count). The van der Waals surface area contributed by atoms with Gasteiger partial charge < -0.3 is 14.4 Å². The third-order valence-corrected chi connectivity index (χ3v) is 6.96. The summed E-state index contributed by atoms with van der Waals surface area (Å²) in [6.07, 6.45) is -9.67. The number of benzene rings is 2. The quantitative estimate of drug-likeness (QED) is 0.246. The summed E-state index contributed by atoms with van der Waals surface area (Å²) >= 11 is 0. The predicted molar refractivity (Wildman–Crippen MR) is 126 cm³/mol. The molecule has 1 fully saturated rings. The van der Waals surface area contributed by atoms with E-state index in [1.165, 1.54) is 26.2 Å². The lowest BCUT2D eigenvalue weighted by Gasteiger charge is -2.33. The summed E-state index contributed by atoms with van der Waals surface area (Å²) in [5.74, 6) is -1.10. The van der Waals surface area contributed by atoms with E-state index in [2.05, 4.69) is 4.74 Å². The molecular weight excluding hydrogens is 519 g/mol. The summed E-state index contributed by atoms with van der Waals surface area (Å²) in [6, 6.07) is 7.14. The highest BCUT2D eigenvalue weighted by atomic mass is 19.4. The van der Waals surface area contributed by atoms with Gasteiger partial charge in [-0.3, -0.25) is 4.79 Å². The molecule has 0 aromatic heterocycles. The monoisotopic (exact) mass is 549 g/mol. The summed E-state index contributed by atoms with van der Waals surface area (Å²) in [4.78, 5) is 13.5. The van der Waals surface area contributed by atoms with E-state index in [4.69, 9.17) is 4.74 Å². The molecule has 0 heterocycles. The second kappa shape index (κ2) is 12.0. The minimum Gasteiger partial charge on any atom is -0.469 e. The van der Waals surface area contributed by atoms with Crippen LogP contribution < -0.4 is 0 Å². The number of likely N-dealkylation sites (N-methyl/N-ethyl adjacent to an activating group) is 1. The molecule has 4 nitrogen and oxygen atoms in total. The number of hydrogen-bond acceptors (Lipinski definition) is 4. The van der Waals surface area contributed by atoms with Crippen molar-refractivity contribution >= 4 is 5.97 Å². The van der Waals surface area contributed by atoms with Crippen molar-refractivity contribution in [3.63, 3.8) is 0 Å². The van der Waals surface area contributed by atoms with Gasteiger partial charge >= 0.3 is 18.3 Å². The minimum absolute atomic E-state index is 0.0897. The molecule has 38 heavy (non-hydrogen) atoms. The van der Waals surface area contributed by atoms with Gasteiger partial charge in [0.1, 0.15) is 5.82 Å². The Morgan fingerprint density at radius 2 is 1.58 bits per heavy atom. The van der Waals surface area contributed by atoms with E-state index in [0.717, 1.165) is 5.56 Å². The van der Waals surface area contributed by atoms with Crippen LogP contribution in [0.4, 0.5) is 30.7 Å². The van der Waals surface area contributed by atoms with Crippen LogP contribution in [0.25, 0.3) is 0 Å². The first kappa shape index (κ1) is 29.9. The fourth-order valence-electron chi connectivity index (χ4n) is 5.01. The molecule has 0 N–H and O–H groups in total. The van der Waals surface area contributed by atoms with Gasteiger partial charge in [0.05, 0.1) is 30.4 Å². The van der Waals surface area contributed by atoms with Crippen molar-refractivity contribution in [2.24, 2.45) is 0 Å². The molecule has 1 aliphatic rings. The number of carbonyl (C=O) groups excluding carboxylic acids is 1. The molecule has 0 amide bonds. The number of rotatable bonds is 9. The first-order chi connectivity index (χ1) is 17.7. The summed E-state index contributed by atoms with van der Waals surface area (Å²) in [5, 5.41) is 0. The van der Waals surface area contributed by atoms with Gasteiger partial charge in [-0.15, -0.1) is 0 Å². The van der Waals surface area contributed by atoms with Gasteiger partial charge in [-0.2, -0.15) is 26.3 Å². The maximum atomic E-state index is 13.6. The van der Waals surface area contributed by atoms with Crippen LogP contribution in [0.5, 0.6) is 0 Å². The zero-order valence-corrected chi connectivity index (χ0v) is 21.2. The fraction of sp³-hybridized carbons (Fsp3) is 0.519. The Balaban J connectivity index is 1.87. The summed E-state index contributed by atoms with van der Waals surface area (Å²) in [7, 11) is 3.17. The van der Waals surface area contributed by atoms with E-state index in [1.54, 1.807) is 12.1 Å². The molecular formula is C27H30F7NO3. The van der Waals surface area contributed by atoms with Gasteiger partial charge in [0.2, 0.25) is 0 Å². The van der Waals surface area contributed by atoms with Crippen molar-refractivity contribution in [3.05, 3.63) is 70.5 Å². The van der Waals surface area contributed by atoms with Gasteiger partial charge in [-0.05, 0) is 81.2 Å². The number of hydrogen-bond donors (Lipinski definition) is 0. The van der Waals surface area contributed by atoms with E-state index in [1.807, 2.05) is 11.9 Å². The van der Waals surface area contributed by atoms with Crippen LogP contribution in [-0.4, -0.2) is 43.7 Å². The van der Waals surface area contributed by atoms with E-state index < -0.39 is 41.5 Å². The van der Waals surface area contributed by atoms with Gasteiger partial charge in [0.15, 0.2) is 0 Å². The SMILES string of the molecule is COC(=O)CCCN(C)C1CCC(O[C@@H](C)c2cc(C(F)(F)F)cc(C(F)(F)F)c2)C1c1ccc(F)cc1. The summed E-state index contributed by atoms with van der Waals surface area (Å²) in [6.45, 7) is 1.97. The molecule has 2 aromatic carbocycles. The van der Waals surface area contributed by atoms with Crippen LogP contribution in [0.2, 0.25) is 0 Å². The molecule has 0 spiro atoms. The first-order valence-electron chi connectivity index (χ1n) is 12.2. The lowest BCUT2D eigenvalue weighted by atomic mass is 9.91. The van der Waals surface area contributed by atoms with Crippen molar-refractivity contribution in [2.45, 2.75) is 69.1 Å². The molecule has 3 unspecified atom stereocenters. The van der Waals surface area contributed by atoms with Gasteiger partial charge in [0, 0.05) is 18.4 Å². The van der Waals surface area contributed by atoms with E-state index in [-0.39, 0.29) is 36.0 Å². The van der Waals surface area contributed by atoms with Gasteiger partial charge in [-0.25, -0.2) is 4.39 Å². The number of methoxy groups -OCH3 is 1. The van der Waals surface area contributed by atoms with Crippen molar-refractivity contribution < 1.29 is 45.0 Å². The lowest BCUT2D eigenvalue weighted by molar-refractivity contribution is -0.143. The maximum absolute atomic E-state index is 13.6. The van der Waals surface area contributed by atoms with Crippen molar-refractivity contribution in [1.29, 1.82) is 0 Å². The van der Waals surface area contributed by atoms with E-state index in [0.29, 0.717) is 37.9 Å². The number of ether oxygens (including phenoxy) is 2. The Bertz CT molecular complexity index is 1050. The molecule has 0 bridgehead atoms. The summed E-state index contributed by atoms with van der Waals surface area (Å²) in [5.41, 5.74) is -2.30. The molecule has 2 aromatic rings. The topological polar surface area (TPSA) is 38.8 Å². The molecule has 11 heteroatoms. The minimum atomic E-state index is -4.96. The fourth-order valence-corrected chi connectivity index (χ4v) is 5.01. The standard InChI is InChI=1S/C27H30F7NO3/c1-16(18-13-19(26(29,30)31)15-20(14-18)27(32,33)34)38-23-11-10-22(35(2)12-4-5-24(36)37-3)25(23)17-6-8-21(28)9-7-17/h6-9,13-16,22-23,25H,4-5,10-12H2,1-3H3/t16-,22?,23?,25?/m0/s1. The highest BCUT2D eigenvalue weighted by Gasteiger charge is 2.42. The van der Waals surface area contributed by atoms with Crippen molar-refractivity contribution in [3.8, 4) is 0 Å². The number of carbonyl (C=O) groups is 1. The lowest BCUT2D eigenvalue weighted by Crippen LogP contribution is -2.37. The van der Waals surface area contributed by atoms with Crippen LogP contribution >= 0.6 is 0 Å². The molecule has 0 radical (unpaired) electrons. The number of esters is 1. The third kappa shape index (κ3) is 7.47. The van der Waals surface area contributed by atoms with Gasteiger partial charge in [0.25, 0.3) is 0 Å². The van der Waals surface area contributed by atoms with E-state index >= 15 is 0 Å². The molecule has 1 saturated carbocycles. The zero-order chi connectivity index (χ0) is 28.3. The molecule has 0 aliphatic heterocycles. The van der Waals surface area contributed by atoms with Crippen molar-refractivity contribution in [2.75, 3.05) is 20.7 Å². The zero-order valence-electron chi connectivity index (χ0n) is 21.2. The second-order valence-electron chi connectivity index (χ2n) is 9.54. The Labute approximate surface area is 216 Å². The molecule has 210 valence electrons. The average Bonchev–Trinajstić information content (AvgIpc) is 3.26. The smallest absolute Gasteiger partial charge is 0.416 e.